The van der Waals surface area contributed by atoms with Crippen LogP contribution in [-0.2, 0) is 15.9 Å². The summed E-state index contributed by atoms with van der Waals surface area (Å²) in [5.41, 5.74) is 0.622. The molecule has 3 rings (SSSR count). The first kappa shape index (κ1) is 26.4. The smallest absolute Gasteiger partial charge is 0.412 e. The third-order valence-corrected chi connectivity index (χ3v) is 5.61. The molecule has 0 saturated carbocycles. The zero-order valence-electron chi connectivity index (χ0n) is 21.6. The zero-order valence-corrected chi connectivity index (χ0v) is 21.6. The molecule has 0 aliphatic carbocycles. The van der Waals surface area contributed by atoms with Crippen LogP contribution in [0.1, 0.15) is 70.9 Å². The van der Waals surface area contributed by atoms with Crippen LogP contribution in [0.25, 0.3) is 0 Å². The number of anilines is 1. The van der Waals surface area contributed by atoms with E-state index < -0.39 is 11.3 Å². The fourth-order valence-electron chi connectivity index (χ4n) is 4.15. The minimum Gasteiger partial charge on any atom is -0.477 e. The molecule has 2 aromatic rings. The second-order valence-electron chi connectivity index (χ2n) is 10.1. The standard InChI is InChI=1S/C26H36N4O5/c1-8-33-22-16-27-20(15-28-22)23(31)29-19-12-9-18(10-13-19)11-14-21-17(2)34-26(6,7)30(21)24(32)35-25(3,4)5/h9-10,12-13,15-17,21H,8,11,14H2,1-7H3,(H,29,31)/t17-,21-/m0/s1. The Balaban J connectivity index is 1.60. The van der Waals surface area contributed by atoms with Gasteiger partial charge in [0, 0.05) is 5.69 Å². The van der Waals surface area contributed by atoms with E-state index >= 15 is 0 Å². The zero-order chi connectivity index (χ0) is 25.8. The molecule has 2 atom stereocenters. The van der Waals surface area contributed by atoms with Crippen molar-refractivity contribution in [1.82, 2.24) is 14.9 Å². The molecular formula is C26H36N4O5. The minimum atomic E-state index is -0.746. The molecule has 1 fully saturated rings. The Morgan fingerprint density at radius 3 is 2.40 bits per heavy atom. The van der Waals surface area contributed by atoms with Gasteiger partial charge in [-0.2, -0.15) is 0 Å². The van der Waals surface area contributed by atoms with Gasteiger partial charge in [0.15, 0.2) is 0 Å². The Kier molecular flexibility index (Phi) is 8.00. The molecule has 0 unspecified atom stereocenters. The van der Waals surface area contributed by atoms with Gasteiger partial charge in [-0.1, -0.05) is 12.1 Å². The van der Waals surface area contributed by atoms with Gasteiger partial charge in [-0.3, -0.25) is 9.69 Å². The lowest BCUT2D eigenvalue weighted by molar-refractivity contribution is -0.0757. The van der Waals surface area contributed by atoms with E-state index in [9.17, 15) is 9.59 Å². The molecule has 1 aromatic carbocycles. The van der Waals surface area contributed by atoms with Crippen molar-refractivity contribution in [3.63, 3.8) is 0 Å². The predicted octanol–water partition coefficient (Wildman–Crippen LogP) is 4.82. The van der Waals surface area contributed by atoms with Gasteiger partial charge in [0.1, 0.15) is 17.0 Å². The molecule has 9 nitrogen and oxygen atoms in total. The average molecular weight is 485 g/mol. The first-order valence-corrected chi connectivity index (χ1v) is 11.9. The number of hydrogen-bond acceptors (Lipinski definition) is 7. The fourth-order valence-corrected chi connectivity index (χ4v) is 4.15. The van der Waals surface area contributed by atoms with Crippen LogP contribution in [0.5, 0.6) is 5.88 Å². The molecule has 0 spiro atoms. The van der Waals surface area contributed by atoms with Crippen LogP contribution in [0.2, 0.25) is 0 Å². The van der Waals surface area contributed by atoms with Crippen LogP contribution in [0.15, 0.2) is 36.7 Å². The highest BCUT2D eigenvalue weighted by Gasteiger charge is 2.49. The number of rotatable bonds is 7. The van der Waals surface area contributed by atoms with Gasteiger partial charge in [-0.15, -0.1) is 0 Å². The van der Waals surface area contributed by atoms with Crippen molar-refractivity contribution >= 4 is 17.7 Å². The number of aryl methyl sites for hydroxylation is 1. The summed E-state index contributed by atoms with van der Waals surface area (Å²) in [6.07, 6.45) is 3.79. The van der Waals surface area contributed by atoms with Gasteiger partial charge in [-0.25, -0.2) is 14.8 Å². The molecule has 2 amide bonds. The molecule has 1 aromatic heterocycles. The quantitative estimate of drug-likeness (QED) is 0.601. The topological polar surface area (TPSA) is 103 Å². The van der Waals surface area contributed by atoms with Crippen LogP contribution in [0.3, 0.4) is 0 Å². The number of carbonyl (C=O) groups excluding carboxylic acids is 2. The molecule has 9 heteroatoms. The predicted molar refractivity (Wildman–Crippen MR) is 132 cm³/mol. The van der Waals surface area contributed by atoms with E-state index in [1.165, 1.54) is 12.4 Å². The number of aromatic nitrogens is 2. The number of nitrogens with zero attached hydrogens (tertiary/aromatic N) is 3. The Morgan fingerprint density at radius 1 is 1.14 bits per heavy atom. The summed E-state index contributed by atoms with van der Waals surface area (Å²) in [7, 11) is 0. The number of hydrogen-bond donors (Lipinski definition) is 1. The second-order valence-corrected chi connectivity index (χ2v) is 10.1. The van der Waals surface area contributed by atoms with E-state index in [4.69, 9.17) is 14.2 Å². The van der Waals surface area contributed by atoms with Gasteiger partial charge in [0.25, 0.3) is 5.91 Å². The maximum Gasteiger partial charge on any atom is 0.412 e. The Morgan fingerprint density at radius 2 is 1.83 bits per heavy atom. The van der Waals surface area contributed by atoms with Gasteiger partial charge >= 0.3 is 6.09 Å². The SMILES string of the molecule is CCOc1cnc(C(=O)Nc2ccc(CC[C@H]3[C@H](C)OC(C)(C)N3C(=O)OC(C)(C)C)cc2)cn1. The monoisotopic (exact) mass is 484 g/mol. The maximum atomic E-state index is 12.9. The van der Waals surface area contributed by atoms with E-state index in [-0.39, 0.29) is 29.8 Å². The van der Waals surface area contributed by atoms with Gasteiger partial charge in [0.05, 0.1) is 31.1 Å². The van der Waals surface area contributed by atoms with Crippen molar-refractivity contribution in [3.05, 3.63) is 47.9 Å². The summed E-state index contributed by atoms with van der Waals surface area (Å²) < 4.78 is 17.0. The average Bonchev–Trinajstić information content (AvgIpc) is 3.00. The largest absolute Gasteiger partial charge is 0.477 e. The lowest BCUT2D eigenvalue weighted by atomic mass is 10.0. The van der Waals surface area contributed by atoms with Gasteiger partial charge in [-0.05, 0) is 79.0 Å². The van der Waals surface area contributed by atoms with Gasteiger partial charge < -0.3 is 19.5 Å². The Labute approximate surface area is 207 Å². The molecule has 190 valence electrons. The summed E-state index contributed by atoms with van der Waals surface area (Å²) >= 11 is 0. The minimum absolute atomic E-state index is 0.113. The summed E-state index contributed by atoms with van der Waals surface area (Å²) in [6.45, 7) is 13.7. The highest BCUT2D eigenvalue weighted by molar-refractivity contribution is 6.02. The fraction of sp³-hybridized carbons (Fsp3) is 0.538. The molecule has 1 aliphatic rings. The molecule has 0 radical (unpaired) electrons. The first-order valence-electron chi connectivity index (χ1n) is 11.9. The van der Waals surface area contributed by atoms with E-state index in [1.54, 1.807) is 4.90 Å². The van der Waals surface area contributed by atoms with E-state index in [1.807, 2.05) is 72.7 Å². The summed E-state index contributed by atoms with van der Waals surface area (Å²) in [4.78, 5) is 35.3. The van der Waals surface area contributed by atoms with Crippen molar-refractivity contribution in [2.45, 2.75) is 84.8 Å². The summed E-state index contributed by atoms with van der Waals surface area (Å²) in [5, 5.41) is 2.82. The normalized spacial score (nSPS) is 19.3. The molecule has 1 aliphatic heterocycles. The van der Waals surface area contributed by atoms with Gasteiger partial charge in [0.2, 0.25) is 5.88 Å². The van der Waals surface area contributed by atoms with E-state index in [2.05, 4.69) is 15.3 Å². The number of carbonyl (C=O) groups is 2. The van der Waals surface area contributed by atoms with Crippen molar-refractivity contribution in [2.75, 3.05) is 11.9 Å². The Bertz CT molecular complexity index is 1020. The third kappa shape index (κ3) is 6.91. The summed E-state index contributed by atoms with van der Waals surface area (Å²) in [5.74, 6) is 0.0319. The molecule has 0 bridgehead atoms. The molecule has 35 heavy (non-hydrogen) atoms. The van der Waals surface area contributed by atoms with Crippen LogP contribution >= 0.6 is 0 Å². The molecular weight excluding hydrogens is 448 g/mol. The molecule has 2 heterocycles. The van der Waals surface area contributed by atoms with Crippen LogP contribution in [0, 0.1) is 0 Å². The lowest BCUT2D eigenvalue weighted by Crippen LogP contribution is -2.50. The van der Waals surface area contributed by atoms with Crippen molar-refractivity contribution < 1.29 is 23.8 Å². The molecule has 1 saturated heterocycles. The van der Waals surface area contributed by atoms with Crippen LogP contribution in [-0.4, -0.2) is 56.9 Å². The van der Waals surface area contributed by atoms with Crippen LogP contribution < -0.4 is 10.1 Å². The second kappa shape index (κ2) is 10.6. The Hall–Kier alpha value is -3.20. The number of ether oxygens (including phenoxy) is 3. The van der Waals surface area contributed by atoms with Crippen molar-refractivity contribution in [3.8, 4) is 5.88 Å². The number of nitrogens with one attached hydrogen (secondary N) is 1. The highest BCUT2D eigenvalue weighted by atomic mass is 16.6. The molecule has 1 N–H and O–H groups in total. The van der Waals surface area contributed by atoms with Crippen molar-refractivity contribution in [1.29, 1.82) is 0 Å². The van der Waals surface area contributed by atoms with Crippen molar-refractivity contribution in [2.24, 2.45) is 0 Å². The maximum absolute atomic E-state index is 12.9. The lowest BCUT2D eigenvalue weighted by Gasteiger charge is -2.35. The number of benzene rings is 1. The highest BCUT2D eigenvalue weighted by Crippen LogP contribution is 2.35. The third-order valence-electron chi connectivity index (χ3n) is 5.61. The number of amides is 2. The van der Waals surface area contributed by atoms with E-state index in [0.29, 0.717) is 18.2 Å². The van der Waals surface area contributed by atoms with E-state index in [0.717, 1.165) is 18.4 Å². The van der Waals surface area contributed by atoms with Crippen LogP contribution in [0.4, 0.5) is 10.5 Å². The first-order chi connectivity index (χ1) is 16.4. The summed E-state index contributed by atoms with van der Waals surface area (Å²) in [6, 6.07) is 7.50.